The zero-order valence-corrected chi connectivity index (χ0v) is 10.0. The molecule has 72 valence electrons. The van der Waals surface area contributed by atoms with Gasteiger partial charge in [0.15, 0.2) is 5.65 Å². The Morgan fingerprint density at radius 3 is 2.64 bits per heavy atom. The summed E-state index contributed by atoms with van der Waals surface area (Å²) in [5.41, 5.74) is 1.54. The molecule has 0 unspecified atom stereocenters. The van der Waals surface area contributed by atoms with Crippen LogP contribution in [0.25, 0.3) is 11.0 Å². The highest BCUT2D eigenvalue weighted by Crippen LogP contribution is 2.24. The Balaban J connectivity index is 2.89. The van der Waals surface area contributed by atoms with Crippen molar-refractivity contribution < 1.29 is 0 Å². The summed E-state index contributed by atoms with van der Waals surface area (Å²) < 4.78 is 0.916. The van der Waals surface area contributed by atoms with E-state index in [1.165, 1.54) is 0 Å². The van der Waals surface area contributed by atoms with Gasteiger partial charge >= 0.3 is 0 Å². The molecule has 0 spiro atoms. The van der Waals surface area contributed by atoms with E-state index in [9.17, 15) is 0 Å². The van der Waals surface area contributed by atoms with E-state index in [0.29, 0.717) is 16.6 Å². The van der Waals surface area contributed by atoms with Gasteiger partial charge in [0.05, 0.1) is 11.1 Å². The minimum absolute atomic E-state index is 0.445. The molecule has 0 aromatic carbocycles. The summed E-state index contributed by atoms with van der Waals surface area (Å²) in [5.74, 6) is 0.636. The summed E-state index contributed by atoms with van der Waals surface area (Å²) in [6, 6.07) is 1.89. The molecule has 2 aromatic rings. The van der Waals surface area contributed by atoms with Crippen molar-refractivity contribution in [3.8, 4) is 0 Å². The van der Waals surface area contributed by atoms with Crippen molar-refractivity contribution in [1.82, 2.24) is 15.0 Å². The van der Waals surface area contributed by atoms with Gasteiger partial charge in [-0.05, 0) is 35.8 Å². The van der Waals surface area contributed by atoms with Crippen molar-refractivity contribution in [1.29, 1.82) is 0 Å². The van der Waals surface area contributed by atoms with Crippen molar-refractivity contribution in [3.63, 3.8) is 0 Å². The lowest BCUT2D eigenvalue weighted by atomic mass is 10.3. The summed E-state index contributed by atoms with van der Waals surface area (Å²) >= 11 is 9.37. The molecular formula is C9H7BrClN3. The number of aryl methyl sites for hydroxylation is 2. The first-order valence-corrected chi connectivity index (χ1v) is 5.22. The Bertz CT molecular complexity index is 513. The van der Waals surface area contributed by atoms with Crippen LogP contribution >= 0.6 is 27.5 Å². The van der Waals surface area contributed by atoms with E-state index in [0.717, 1.165) is 15.6 Å². The van der Waals surface area contributed by atoms with Gasteiger partial charge in [0.2, 0.25) is 0 Å². The molecule has 0 saturated carbocycles. The van der Waals surface area contributed by atoms with Crippen LogP contribution in [0.3, 0.4) is 0 Å². The molecule has 2 aromatic heterocycles. The first kappa shape index (κ1) is 9.80. The molecule has 0 bridgehead atoms. The molecule has 0 aliphatic heterocycles. The van der Waals surface area contributed by atoms with Crippen LogP contribution in [0, 0.1) is 13.8 Å². The molecule has 0 saturated heterocycles. The molecule has 14 heavy (non-hydrogen) atoms. The maximum atomic E-state index is 5.97. The van der Waals surface area contributed by atoms with Crippen molar-refractivity contribution in [2.75, 3.05) is 0 Å². The molecule has 5 heteroatoms. The number of fused-ring (bicyclic) bond motifs is 1. The van der Waals surface area contributed by atoms with E-state index >= 15 is 0 Å². The van der Waals surface area contributed by atoms with Gasteiger partial charge in [0.1, 0.15) is 11.0 Å². The molecule has 3 nitrogen and oxygen atoms in total. The van der Waals surface area contributed by atoms with Crippen molar-refractivity contribution in [2.45, 2.75) is 13.8 Å². The van der Waals surface area contributed by atoms with Crippen LogP contribution in [-0.2, 0) is 0 Å². The van der Waals surface area contributed by atoms with Gasteiger partial charge in [0, 0.05) is 4.47 Å². The van der Waals surface area contributed by atoms with E-state index in [1.807, 2.05) is 13.0 Å². The average Bonchev–Trinajstić information content (AvgIpc) is 2.08. The van der Waals surface area contributed by atoms with Crippen molar-refractivity contribution in [2.24, 2.45) is 0 Å². The lowest BCUT2D eigenvalue weighted by molar-refractivity contribution is 1.06. The number of nitrogens with zero attached hydrogens (tertiary/aromatic N) is 3. The van der Waals surface area contributed by atoms with Crippen LogP contribution in [-0.4, -0.2) is 15.0 Å². The van der Waals surface area contributed by atoms with E-state index < -0.39 is 0 Å². The van der Waals surface area contributed by atoms with Crippen LogP contribution in [0.15, 0.2) is 10.5 Å². The Hall–Kier alpha value is -0.740. The quantitative estimate of drug-likeness (QED) is 0.692. The fourth-order valence-corrected chi connectivity index (χ4v) is 1.76. The Morgan fingerprint density at radius 1 is 1.21 bits per heavy atom. The molecule has 0 radical (unpaired) electrons. The molecule has 0 aliphatic rings. The molecule has 0 fully saturated rings. The molecule has 0 aliphatic carbocycles. The number of pyridine rings is 1. The van der Waals surface area contributed by atoms with Crippen LogP contribution in [0.5, 0.6) is 0 Å². The maximum absolute atomic E-state index is 5.97. The van der Waals surface area contributed by atoms with Gasteiger partial charge in [0.25, 0.3) is 0 Å². The minimum atomic E-state index is 0.445. The second-order valence-electron chi connectivity index (χ2n) is 2.99. The van der Waals surface area contributed by atoms with E-state index in [2.05, 4.69) is 30.9 Å². The largest absolute Gasteiger partial charge is 0.232 e. The zero-order chi connectivity index (χ0) is 10.3. The lowest BCUT2D eigenvalue weighted by Crippen LogP contribution is -1.94. The highest BCUT2D eigenvalue weighted by molar-refractivity contribution is 9.10. The summed E-state index contributed by atoms with van der Waals surface area (Å²) in [7, 11) is 0. The topological polar surface area (TPSA) is 38.7 Å². The molecule has 0 amide bonds. The summed E-state index contributed by atoms with van der Waals surface area (Å²) in [6.45, 7) is 3.71. The molecule has 2 rings (SSSR count). The minimum Gasteiger partial charge on any atom is -0.232 e. The Morgan fingerprint density at radius 2 is 1.93 bits per heavy atom. The lowest BCUT2D eigenvalue weighted by Gasteiger charge is -2.03. The van der Waals surface area contributed by atoms with Crippen LogP contribution in [0.2, 0.25) is 5.15 Å². The van der Waals surface area contributed by atoms with Crippen LogP contribution in [0.4, 0.5) is 0 Å². The van der Waals surface area contributed by atoms with Gasteiger partial charge in [-0.25, -0.2) is 15.0 Å². The Kier molecular flexibility index (Phi) is 2.41. The summed E-state index contributed by atoms with van der Waals surface area (Å²) in [5, 5.41) is 1.22. The molecular weight excluding hydrogens is 265 g/mol. The normalized spacial score (nSPS) is 10.9. The van der Waals surface area contributed by atoms with Gasteiger partial charge in [-0.15, -0.1) is 0 Å². The zero-order valence-electron chi connectivity index (χ0n) is 7.67. The maximum Gasteiger partial charge on any atom is 0.164 e. The monoisotopic (exact) mass is 271 g/mol. The van der Waals surface area contributed by atoms with Crippen LogP contribution in [0.1, 0.15) is 11.5 Å². The van der Waals surface area contributed by atoms with E-state index in [1.54, 1.807) is 6.92 Å². The van der Waals surface area contributed by atoms with Crippen molar-refractivity contribution in [3.05, 3.63) is 27.2 Å². The number of hydrogen-bond donors (Lipinski definition) is 0. The second kappa shape index (κ2) is 3.44. The smallest absolute Gasteiger partial charge is 0.164 e. The van der Waals surface area contributed by atoms with E-state index in [4.69, 9.17) is 11.6 Å². The predicted molar refractivity (Wildman–Crippen MR) is 59.5 cm³/mol. The van der Waals surface area contributed by atoms with Crippen LogP contribution < -0.4 is 0 Å². The third kappa shape index (κ3) is 1.60. The predicted octanol–water partition coefficient (Wildman–Crippen LogP) is 3.06. The summed E-state index contributed by atoms with van der Waals surface area (Å²) in [6.07, 6.45) is 0. The molecule has 0 N–H and O–H groups in total. The van der Waals surface area contributed by atoms with Gasteiger partial charge in [-0.3, -0.25) is 0 Å². The van der Waals surface area contributed by atoms with Gasteiger partial charge in [-0.2, -0.15) is 0 Å². The number of rotatable bonds is 0. The number of halogens is 2. The van der Waals surface area contributed by atoms with Crippen molar-refractivity contribution >= 4 is 38.6 Å². The van der Waals surface area contributed by atoms with Gasteiger partial charge in [-0.1, -0.05) is 11.6 Å². The highest BCUT2D eigenvalue weighted by atomic mass is 79.9. The SMILES string of the molecule is Cc1nc(Cl)c2cc(Br)c(C)nc2n1. The standard InChI is InChI=1S/C9H7BrClN3/c1-4-7(10)3-6-8(11)13-5(2)14-9(6)12-4/h3H,1-2H3. The fourth-order valence-electron chi connectivity index (χ4n) is 1.19. The number of hydrogen-bond acceptors (Lipinski definition) is 3. The average molecular weight is 273 g/mol. The van der Waals surface area contributed by atoms with Gasteiger partial charge < -0.3 is 0 Å². The first-order chi connectivity index (χ1) is 6.58. The fraction of sp³-hybridized carbons (Fsp3) is 0.222. The number of aromatic nitrogens is 3. The van der Waals surface area contributed by atoms with E-state index in [-0.39, 0.29) is 0 Å². The second-order valence-corrected chi connectivity index (χ2v) is 4.20. The Labute approximate surface area is 94.7 Å². The first-order valence-electron chi connectivity index (χ1n) is 4.05. The summed E-state index contributed by atoms with van der Waals surface area (Å²) in [4.78, 5) is 12.6. The third-order valence-electron chi connectivity index (χ3n) is 1.88. The molecule has 0 atom stereocenters. The third-order valence-corrected chi connectivity index (χ3v) is 2.97. The highest BCUT2D eigenvalue weighted by Gasteiger charge is 2.07. The molecule has 2 heterocycles.